The quantitative estimate of drug-likeness (QED) is 0.646. The summed E-state index contributed by atoms with van der Waals surface area (Å²) in [5.41, 5.74) is 1.73. The molecule has 0 amide bonds. The van der Waals surface area contributed by atoms with Crippen LogP contribution in [-0.4, -0.2) is 11.6 Å². The Morgan fingerprint density at radius 2 is 1.67 bits per heavy atom. The minimum absolute atomic E-state index is 0.0255. The lowest BCUT2D eigenvalue weighted by Crippen LogP contribution is -2.32. The second kappa shape index (κ2) is 5.07. The van der Waals surface area contributed by atoms with Gasteiger partial charge >= 0.3 is 0 Å². The lowest BCUT2D eigenvalue weighted by molar-refractivity contribution is -0.128. The molecule has 0 aromatic rings. The van der Waals surface area contributed by atoms with Crippen LogP contribution in [0.15, 0.2) is 11.6 Å². The Bertz CT molecular complexity index is 496. The molecular formula is C19H30O2. The molecule has 2 atom stereocenters. The minimum Gasteiger partial charge on any atom is -0.299 e. The molecule has 0 aromatic carbocycles. The van der Waals surface area contributed by atoms with Crippen molar-refractivity contribution in [1.29, 1.82) is 0 Å². The third kappa shape index (κ3) is 2.86. The van der Waals surface area contributed by atoms with Crippen LogP contribution in [0.1, 0.15) is 73.6 Å². The van der Waals surface area contributed by atoms with E-state index in [4.69, 9.17) is 0 Å². The smallest absolute Gasteiger partial charge is 0.156 e. The van der Waals surface area contributed by atoms with Crippen LogP contribution >= 0.6 is 0 Å². The van der Waals surface area contributed by atoms with Gasteiger partial charge in [0.25, 0.3) is 0 Å². The zero-order chi connectivity index (χ0) is 16.1. The predicted molar refractivity (Wildman–Crippen MR) is 86.0 cm³/mol. The second-order valence-electron chi connectivity index (χ2n) is 8.89. The molecular weight excluding hydrogens is 260 g/mol. The molecule has 0 heterocycles. The summed E-state index contributed by atoms with van der Waals surface area (Å²) in [6.07, 6.45) is 6.80. The highest BCUT2D eigenvalue weighted by Gasteiger charge is 2.61. The fraction of sp³-hybridized carbons (Fsp3) is 0.789. The largest absolute Gasteiger partial charge is 0.299 e. The molecule has 2 bridgehead atoms. The van der Waals surface area contributed by atoms with E-state index in [2.05, 4.69) is 34.6 Å². The molecule has 0 aromatic heterocycles. The monoisotopic (exact) mass is 290 g/mol. The molecule has 2 unspecified atom stereocenters. The van der Waals surface area contributed by atoms with E-state index >= 15 is 0 Å². The second-order valence-corrected chi connectivity index (χ2v) is 8.89. The van der Waals surface area contributed by atoms with Crippen LogP contribution in [0.25, 0.3) is 0 Å². The Morgan fingerprint density at radius 3 is 1.95 bits per heavy atom. The van der Waals surface area contributed by atoms with E-state index < -0.39 is 0 Å². The Labute approximate surface area is 129 Å². The summed E-state index contributed by atoms with van der Waals surface area (Å²) in [5.74, 6) is 1.48. The molecule has 0 saturated heterocycles. The van der Waals surface area contributed by atoms with Gasteiger partial charge in [-0.15, -0.1) is 0 Å². The predicted octanol–water partition coefficient (Wildman–Crippen LogP) is 4.72. The first-order valence-electron chi connectivity index (χ1n) is 8.21. The van der Waals surface area contributed by atoms with Crippen LogP contribution < -0.4 is 0 Å². The molecule has 3 rings (SSSR count). The summed E-state index contributed by atoms with van der Waals surface area (Å²) in [5, 5.41) is 0. The first kappa shape index (κ1) is 16.5. The van der Waals surface area contributed by atoms with Crippen molar-refractivity contribution in [2.45, 2.75) is 73.6 Å². The molecule has 2 heteroatoms. The molecule has 0 spiro atoms. The van der Waals surface area contributed by atoms with Gasteiger partial charge in [-0.05, 0) is 49.0 Å². The lowest BCUT2D eigenvalue weighted by atomic mass is 9.70. The number of hydrogen-bond acceptors (Lipinski definition) is 2. The first-order valence-corrected chi connectivity index (χ1v) is 8.21. The maximum absolute atomic E-state index is 11.6. The molecule has 3 aliphatic rings. The summed E-state index contributed by atoms with van der Waals surface area (Å²) in [7, 11) is 0. The van der Waals surface area contributed by atoms with Gasteiger partial charge in [-0.3, -0.25) is 9.59 Å². The zero-order valence-electron chi connectivity index (χ0n) is 14.5. The maximum Gasteiger partial charge on any atom is 0.156 e. The molecule has 2 nitrogen and oxygen atoms in total. The van der Waals surface area contributed by atoms with E-state index in [-0.39, 0.29) is 22.0 Å². The number of hydrogen-bond donors (Lipinski definition) is 0. The van der Waals surface area contributed by atoms with Crippen molar-refractivity contribution in [3.05, 3.63) is 11.6 Å². The van der Waals surface area contributed by atoms with E-state index in [1.807, 2.05) is 6.92 Å². The summed E-state index contributed by atoms with van der Waals surface area (Å²) in [6, 6.07) is 0. The van der Waals surface area contributed by atoms with Gasteiger partial charge in [0.15, 0.2) is 5.78 Å². The third-order valence-electron chi connectivity index (χ3n) is 6.30. The SMILES string of the molecule is CC12CCC(CC1=O)C2(C)C.CC1=CC(=O)CC(C)(C)C1. The number of rotatable bonds is 0. The van der Waals surface area contributed by atoms with Gasteiger partial charge in [0.1, 0.15) is 5.78 Å². The molecule has 0 radical (unpaired) electrons. The maximum atomic E-state index is 11.6. The molecule has 2 fully saturated rings. The van der Waals surface area contributed by atoms with Gasteiger partial charge in [0.05, 0.1) is 0 Å². The van der Waals surface area contributed by atoms with Gasteiger partial charge in [-0.25, -0.2) is 0 Å². The Morgan fingerprint density at radius 1 is 1.05 bits per heavy atom. The van der Waals surface area contributed by atoms with E-state index in [0.717, 1.165) is 19.3 Å². The molecule has 0 N–H and O–H groups in total. The van der Waals surface area contributed by atoms with Crippen LogP contribution in [-0.2, 0) is 9.59 Å². The van der Waals surface area contributed by atoms with Crippen molar-refractivity contribution in [2.24, 2.45) is 22.2 Å². The Hall–Kier alpha value is -0.920. The van der Waals surface area contributed by atoms with Crippen LogP contribution in [0.4, 0.5) is 0 Å². The normalized spacial score (nSPS) is 36.1. The van der Waals surface area contributed by atoms with Crippen molar-refractivity contribution in [1.82, 2.24) is 0 Å². The summed E-state index contributed by atoms with van der Waals surface area (Å²) < 4.78 is 0. The van der Waals surface area contributed by atoms with Gasteiger partial charge in [0.2, 0.25) is 0 Å². The van der Waals surface area contributed by atoms with Crippen molar-refractivity contribution in [2.75, 3.05) is 0 Å². The zero-order valence-corrected chi connectivity index (χ0v) is 14.5. The average molecular weight is 290 g/mol. The van der Waals surface area contributed by atoms with E-state index in [1.165, 1.54) is 12.0 Å². The van der Waals surface area contributed by atoms with Crippen LogP contribution in [0.3, 0.4) is 0 Å². The van der Waals surface area contributed by atoms with E-state index in [0.29, 0.717) is 18.1 Å². The fourth-order valence-corrected chi connectivity index (χ4v) is 4.57. The van der Waals surface area contributed by atoms with Crippen LogP contribution in [0, 0.1) is 22.2 Å². The average Bonchev–Trinajstić information content (AvgIpc) is 2.59. The lowest BCUT2D eigenvalue weighted by Gasteiger charge is -2.32. The highest BCUT2D eigenvalue weighted by atomic mass is 16.1. The van der Waals surface area contributed by atoms with Crippen LogP contribution in [0.2, 0.25) is 0 Å². The highest BCUT2D eigenvalue weighted by molar-refractivity contribution is 5.91. The standard InChI is InChI=1S/C10H16O.C9H14O/c1-9(2)7-4-5-10(9,3)8(11)6-7;1-7-4-8(10)6-9(2,3)5-7/h7H,4-6H2,1-3H3;4H,5-6H2,1-3H3. The van der Waals surface area contributed by atoms with Gasteiger partial charge in [-0.1, -0.05) is 40.2 Å². The topological polar surface area (TPSA) is 34.1 Å². The number of carbonyl (C=O) groups excluding carboxylic acids is 2. The minimum atomic E-state index is 0.0255. The number of fused-ring (bicyclic) bond motifs is 2. The molecule has 3 aliphatic carbocycles. The van der Waals surface area contributed by atoms with Crippen molar-refractivity contribution in [3.63, 3.8) is 0 Å². The van der Waals surface area contributed by atoms with E-state index in [1.54, 1.807) is 6.08 Å². The van der Waals surface area contributed by atoms with E-state index in [9.17, 15) is 9.59 Å². The molecule has 0 aliphatic heterocycles. The van der Waals surface area contributed by atoms with Gasteiger partial charge in [0, 0.05) is 18.3 Å². The summed E-state index contributed by atoms with van der Waals surface area (Å²) in [6.45, 7) is 13.0. The third-order valence-corrected chi connectivity index (χ3v) is 6.30. The Kier molecular flexibility index (Phi) is 3.97. The highest BCUT2D eigenvalue weighted by Crippen LogP contribution is 2.63. The fourth-order valence-electron chi connectivity index (χ4n) is 4.57. The van der Waals surface area contributed by atoms with Gasteiger partial charge in [-0.2, -0.15) is 0 Å². The van der Waals surface area contributed by atoms with Crippen molar-refractivity contribution >= 4 is 11.6 Å². The van der Waals surface area contributed by atoms with Crippen molar-refractivity contribution < 1.29 is 9.59 Å². The number of carbonyl (C=O) groups is 2. The number of Topliss-reactive ketones (excluding diaryl/α,β-unsaturated/α-hetero) is 1. The molecule has 2 saturated carbocycles. The number of ketones is 2. The Balaban J connectivity index is 0.000000155. The van der Waals surface area contributed by atoms with Crippen LogP contribution in [0.5, 0.6) is 0 Å². The van der Waals surface area contributed by atoms with Gasteiger partial charge < -0.3 is 0 Å². The summed E-state index contributed by atoms with van der Waals surface area (Å²) in [4.78, 5) is 22.6. The first-order chi connectivity index (χ1) is 9.48. The molecule has 21 heavy (non-hydrogen) atoms. The van der Waals surface area contributed by atoms with Crippen molar-refractivity contribution in [3.8, 4) is 0 Å². The summed E-state index contributed by atoms with van der Waals surface area (Å²) >= 11 is 0. The molecule has 118 valence electrons. The number of allylic oxidation sites excluding steroid dienone is 2.